The van der Waals surface area contributed by atoms with Crippen molar-refractivity contribution < 1.29 is 18.6 Å². The van der Waals surface area contributed by atoms with E-state index < -0.39 is 0 Å². The van der Waals surface area contributed by atoms with Gasteiger partial charge in [-0.25, -0.2) is 0 Å². The van der Waals surface area contributed by atoms with Gasteiger partial charge in [0, 0.05) is 17.0 Å². The lowest BCUT2D eigenvalue weighted by Gasteiger charge is -2.01. The summed E-state index contributed by atoms with van der Waals surface area (Å²) in [6.07, 6.45) is 0.139. The molecular weight excluding hydrogens is 346 g/mol. The smallest absolute Gasteiger partial charge is 0.226 e. The van der Waals surface area contributed by atoms with Crippen LogP contribution in [0.3, 0.4) is 0 Å². The van der Waals surface area contributed by atoms with E-state index in [1.807, 2.05) is 48.5 Å². The number of aromatic nitrogens is 2. The van der Waals surface area contributed by atoms with E-state index in [4.69, 9.17) is 13.8 Å². The van der Waals surface area contributed by atoms with Gasteiger partial charge in [-0.1, -0.05) is 22.4 Å². The first-order valence-corrected chi connectivity index (χ1v) is 8.43. The number of methoxy groups -OCH3 is 1. The largest absolute Gasteiger partial charge is 0.497 e. The molecule has 2 heterocycles. The van der Waals surface area contributed by atoms with Crippen molar-refractivity contribution in [3.8, 4) is 17.1 Å². The van der Waals surface area contributed by atoms with Crippen molar-refractivity contribution in [2.45, 2.75) is 13.0 Å². The van der Waals surface area contributed by atoms with Crippen molar-refractivity contribution in [2.75, 3.05) is 7.11 Å². The molecule has 4 aromatic rings. The zero-order valence-electron chi connectivity index (χ0n) is 14.6. The quantitative estimate of drug-likeness (QED) is 0.565. The van der Waals surface area contributed by atoms with E-state index in [0.717, 1.165) is 16.7 Å². The van der Waals surface area contributed by atoms with Crippen molar-refractivity contribution in [1.82, 2.24) is 15.6 Å². The second kappa shape index (κ2) is 7.33. The number of carbonyl (C=O) groups excluding carboxylic acids is 1. The molecule has 0 bridgehead atoms. The Morgan fingerprint density at radius 1 is 1.07 bits per heavy atom. The lowest BCUT2D eigenvalue weighted by Crippen LogP contribution is -2.24. The average Bonchev–Trinajstić information content (AvgIpc) is 3.34. The van der Waals surface area contributed by atoms with Gasteiger partial charge in [0.15, 0.2) is 11.3 Å². The van der Waals surface area contributed by atoms with E-state index in [1.165, 1.54) is 0 Å². The van der Waals surface area contributed by atoms with Crippen LogP contribution in [0.2, 0.25) is 0 Å². The Morgan fingerprint density at radius 3 is 2.70 bits per heavy atom. The number of hydrogen-bond acceptors (Lipinski definition) is 6. The molecule has 7 nitrogen and oxygen atoms in total. The highest BCUT2D eigenvalue weighted by atomic mass is 16.5. The summed E-state index contributed by atoms with van der Waals surface area (Å²) in [6.45, 7) is 0.272. The van der Waals surface area contributed by atoms with Crippen LogP contribution >= 0.6 is 0 Å². The summed E-state index contributed by atoms with van der Waals surface area (Å²) < 4.78 is 15.7. The molecule has 136 valence electrons. The number of para-hydroxylation sites is 1. The van der Waals surface area contributed by atoms with Crippen molar-refractivity contribution in [2.24, 2.45) is 0 Å². The molecule has 4 rings (SSSR count). The Kier molecular flexibility index (Phi) is 4.57. The van der Waals surface area contributed by atoms with Gasteiger partial charge in [-0.05, 0) is 36.4 Å². The van der Waals surface area contributed by atoms with Crippen LogP contribution in [0.5, 0.6) is 5.75 Å². The summed E-state index contributed by atoms with van der Waals surface area (Å²) in [7, 11) is 1.62. The highest BCUT2D eigenvalue weighted by Gasteiger charge is 2.13. The Labute approximate surface area is 154 Å². The summed E-state index contributed by atoms with van der Waals surface area (Å²) in [5, 5.41) is 11.6. The summed E-state index contributed by atoms with van der Waals surface area (Å²) in [5.41, 5.74) is 2.80. The third-order valence-electron chi connectivity index (χ3n) is 4.18. The van der Waals surface area contributed by atoms with Gasteiger partial charge in [0.1, 0.15) is 17.1 Å². The predicted molar refractivity (Wildman–Crippen MR) is 98.1 cm³/mol. The van der Waals surface area contributed by atoms with Crippen LogP contribution in [0.15, 0.2) is 63.6 Å². The van der Waals surface area contributed by atoms with E-state index >= 15 is 0 Å². The molecule has 0 fully saturated rings. The number of nitrogens with zero attached hydrogens (tertiary/aromatic N) is 2. The van der Waals surface area contributed by atoms with Gasteiger partial charge in [0.05, 0.1) is 20.1 Å². The molecular formula is C20H17N3O4. The number of nitrogens with one attached hydrogen (secondary N) is 1. The number of carbonyl (C=O) groups is 1. The van der Waals surface area contributed by atoms with Gasteiger partial charge in [-0.15, -0.1) is 0 Å². The van der Waals surface area contributed by atoms with Crippen molar-refractivity contribution in [3.05, 3.63) is 66.0 Å². The second-order valence-corrected chi connectivity index (χ2v) is 5.99. The van der Waals surface area contributed by atoms with Crippen LogP contribution in [0.4, 0.5) is 0 Å². The van der Waals surface area contributed by atoms with Gasteiger partial charge in [-0.2, -0.15) is 0 Å². The van der Waals surface area contributed by atoms with Crippen LogP contribution < -0.4 is 10.1 Å². The fourth-order valence-electron chi connectivity index (χ4n) is 2.76. The maximum Gasteiger partial charge on any atom is 0.226 e. The van der Waals surface area contributed by atoms with Gasteiger partial charge >= 0.3 is 0 Å². The molecule has 2 aromatic carbocycles. The normalized spacial score (nSPS) is 10.9. The maximum absolute atomic E-state index is 12.2. The standard InChI is InChI=1S/C20H17N3O4/c1-25-15-8-6-13(7-9-15)19-10-14(22-27-19)12-21-20(24)11-17-16-4-2-3-5-18(16)26-23-17/h2-10H,11-12H2,1H3,(H,21,24). The van der Waals surface area contributed by atoms with E-state index in [-0.39, 0.29) is 18.9 Å². The highest BCUT2D eigenvalue weighted by molar-refractivity contribution is 5.86. The summed E-state index contributed by atoms with van der Waals surface area (Å²) >= 11 is 0. The Hall–Kier alpha value is -3.61. The van der Waals surface area contributed by atoms with E-state index in [2.05, 4.69) is 15.6 Å². The van der Waals surface area contributed by atoms with Gasteiger partial charge in [0.2, 0.25) is 5.91 Å². The maximum atomic E-state index is 12.2. The summed E-state index contributed by atoms with van der Waals surface area (Å²) in [4.78, 5) is 12.2. The van der Waals surface area contributed by atoms with Gasteiger partial charge < -0.3 is 19.1 Å². The average molecular weight is 363 g/mol. The molecule has 0 atom stereocenters. The molecule has 0 aliphatic carbocycles. The lowest BCUT2D eigenvalue weighted by molar-refractivity contribution is -0.120. The van der Waals surface area contributed by atoms with Crippen LogP contribution in [-0.4, -0.2) is 23.3 Å². The highest BCUT2D eigenvalue weighted by Crippen LogP contribution is 2.23. The molecule has 27 heavy (non-hydrogen) atoms. The molecule has 0 aliphatic rings. The number of amides is 1. The third kappa shape index (κ3) is 3.67. The monoisotopic (exact) mass is 363 g/mol. The van der Waals surface area contributed by atoms with Crippen molar-refractivity contribution in [3.63, 3.8) is 0 Å². The topological polar surface area (TPSA) is 90.4 Å². The minimum absolute atomic E-state index is 0.139. The van der Waals surface area contributed by atoms with Crippen molar-refractivity contribution >= 4 is 16.9 Å². The number of ether oxygens (including phenoxy) is 1. The summed E-state index contributed by atoms with van der Waals surface area (Å²) in [5.74, 6) is 1.23. The fourth-order valence-corrected chi connectivity index (χ4v) is 2.76. The number of rotatable bonds is 6. The van der Waals surface area contributed by atoms with Crippen LogP contribution in [0.1, 0.15) is 11.4 Å². The molecule has 7 heteroatoms. The minimum Gasteiger partial charge on any atom is -0.497 e. The molecule has 2 aromatic heterocycles. The van der Waals surface area contributed by atoms with Crippen LogP contribution in [0.25, 0.3) is 22.3 Å². The minimum atomic E-state index is -0.164. The van der Waals surface area contributed by atoms with Gasteiger partial charge in [0.25, 0.3) is 0 Å². The molecule has 0 aliphatic heterocycles. The third-order valence-corrected chi connectivity index (χ3v) is 4.18. The van der Waals surface area contributed by atoms with Crippen LogP contribution in [0, 0.1) is 0 Å². The van der Waals surface area contributed by atoms with Gasteiger partial charge in [-0.3, -0.25) is 4.79 Å². The summed E-state index contributed by atoms with van der Waals surface area (Å²) in [6, 6.07) is 16.7. The molecule has 0 spiro atoms. The Balaban J connectivity index is 1.37. The van der Waals surface area contributed by atoms with E-state index in [9.17, 15) is 4.79 Å². The number of hydrogen-bond donors (Lipinski definition) is 1. The molecule has 0 saturated carbocycles. The molecule has 0 saturated heterocycles. The van der Waals surface area contributed by atoms with E-state index in [0.29, 0.717) is 22.7 Å². The lowest BCUT2D eigenvalue weighted by atomic mass is 10.1. The fraction of sp³-hybridized carbons (Fsp3) is 0.150. The van der Waals surface area contributed by atoms with Crippen LogP contribution in [-0.2, 0) is 17.8 Å². The Morgan fingerprint density at radius 2 is 1.89 bits per heavy atom. The zero-order valence-corrected chi connectivity index (χ0v) is 14.6. The first-order valence-electron chi connectivity index (χ1n) is 8.43. The Bertz CT molecular complexity index is 1070. The first-order chi connectivity index (χ1) is 13.2. The SMILES string of the molecule is COc1ccc(-c2cc(CNC(=O)Cc3noc4ccccc34)no2)cc1. The van der Waals surface area contributed by atoms with Crippen molar-refractivity contribution in [1.29, 1.82) is 0 Å². The second-order valence-electron chi connectivity index (χ2n) is 5.99. The first kappa shape index (κ1) is 16.8. The zero-order chi connectivity index (χ0) is 18.6. The number of benzene rings is 2. The number of fused-ring (bicyclic) bond motifs is 1. The molecule has 1 N–H and O–H groups in total. The molecule has 0 unspecified atom stereocenters. The predicted octanol–water partition coefficient (Wildman–Crippen LogP) is 3.35. The molecule has 1 amide bonds. The van der Waals surface area contributed by atoms with E-state index in [1.54, 1.807) is 13.2 Å². The molecule has 0 radical (unpaired) electrons.